The lowest BCUT2D eigenvalue weighted by molar-refractivity contribution is 0.237. The smallest absolute Gasteiger partial charge is 0.254 e. The van der Waals surface area contributed by atoms with E-state index in [4.69, 9.17) is 4.98 Å². The molecule has 0 bridgehead atoms. The van der Waals surface area contributed by atoms with Crippen LogP contribution in [0.25, 0.3) is 11.4 Å². The number of aryl methyl sites for hydroxylation is 1. The summed E-state index contributed by atoms with van der Waals surface area (Å²) in [6, 6.07) is 9.80. The van der Waals surface area contributed by atoms with E-state index in [1.807, 2.05) is 37.3 Å². The van der Waals surface area contributed by atoms with Gasteiger partial charge in [-0.15, -0.1) is 0 Å². The van der Waals surface area contributed by atoms with E-state index < -0.39 is 0 Å². The highest BCUT2D eigenvalue weighted by molar-refractivity contribution is 5.53. The summed E-state index contributed by atoms with van der Waals surface area (Å²) in [6.45, 7) is 4.25. The summed E-state index contributed by atoms with van der Waals surface area (Å²) in [6.07, 6.45) is 4.12. The molecule has 0 radical (unpaired) electrons. The number of fused-ring (bicyclic) bond motifs is 1. The van der Waals surface area contributed by atoms with E-state index >= 15 is 0 Å². The minimum atomic E-state index is -0.0443. The second-order valence-corrected chi connectivity index (χ2v) is 6.31. The van der Waals surface area contributed by atoms with Crippen LogP contribution in [0, 0.1) is 6.92 Å². The molecule has 0 fully saturated rings. The lowest BCUT2D eigenvalue weighted by Crippen LogP contribution is -2.35. The molecule has 1 aliphatic rings. The van der Waals surface area contributed by atoms with Crippen molar-refractivity contribution >= 4 is 0 Å². The molecule has 25 heavy (non-hydrogen) atoms. The molecule has 0 aliphatic carbocycles. The van der Waals surface area contributed by atoms with Crippen molar-refractivity contribution in [2.24, 2.45) is 0 Å². The second-order valence-electron chi connectivity index (χ2n) is 6.31. The molecular weight excluding hydrogens is 314 g/mol. The molecular formula is C19H19N5O. The molecule has 4 rings (SSSR count). The monoisotopic (exact) mass is 333 g/mol. The Morgan fingerprint density at radius 1 is 1.20 bits per heavy atom. The molecule has 0 atom stereocenters. The molecule has 0 saturated carbocycles. The lowest BCUT2D eigenvalue weighted by Gasteiger charge is -2.27. The van der Waals surface area contributed by atoms with E-state index in [-0.39, 0.29) is 5.56 Å². The number of hydrogen-bond acceptors (Lipinski definition) is 5. The Morgan fingerprint density at radius 3 is 2.92 bits per heavy atom. The summed E-state index contributed by atoms with van der Waals surface area (Å²) in [5.74, 6) is 0.576. The molecule has 1 N–H and O–H groups in total. The zero-order valence-corrected chi connectivity index (χ0v) is 14.1. The largest absolute Gasteiger partial charge is 0.306 e. The predicted molar refractivity (Wildman–Crippen MR) is 94.9 cm³/mol. The van der Waals surface area contributed by atoms with Crippen LogP contribution in [0.5, 0.6) is 0 Å². The molecule has 126 valence electrons. The van der Waals surface area contributed by atoms with Gasteiger partial charge >= 0.3 is 0 Å². The number of nitrogens with one attached hydrogen (secondary N) is 1. The van der Waals surface area contributed by atoms with Gasteiger partial charge in [0.2, 0.25) is 0 Å². The normalized spacial score (nSPS) is 14.3. The molecule has 4 heterocycles. The van der Waals surface area contributed by atoms with Gasteiger partial charge in [0.1, 0.15) is 5.82 Å². The maximum atomic E-state index is 12.4. The van der Waals surface area contributed by atoms with Crippen LogP contribution in [0.1, 0.15) is 22.6 Å². The van der Waals surface area contributed by atoms with Gasteiger partial charge in [-0.1, -0.05) is 6.07 Å². The average Bonchev–Trinajstić information content (AvgIpc) is 2.62. The van der Waals surface area contributed by atoms with E-state index in [9.17, 15) is 4.79 Å². The number of nitrogens with zero attached hydrogens (tertiary/aromatic N) is 4. The zero-order chi connectivity index (χ0) is 17.2. The SMILES string of the molecule is Cc1cccc(CN2CCc3c(nc(-c4cccnc4)[nH]c3=O)C2)n1. The molecule has 3 aromatic heterocycles. The third-order valence-corrected chi connectivity index (χ3v) is 4.42. The molecule has 0 aromatic carbocycles. The summed E-state index contributed by atoms with van der Waals surface area (Å²) < 4.78 is 0. The summed E-state index contributed by atoms with van der Waals surface area (Å²) in [4.78, 5) is 31.0. The van der Waals surface area contributed by atoms with Crippen LogP contribution in [0.4, 0.5) is 0 Å². The van der Waals surface area contributed by atoms with Crippen LogP contribution in [0.3, 0.4) is 0 Å². The quantitative estimate of drug-likeness (QED) is 0.794. The highest BCUT2D eigenvalue weighted by Crippen LogP contribution is 2.19. The van der Waals surface area contributed by atoms with Gasteiger partial charge in [-0.2, -0.15) is 0 Å². The van der Waals surface area contributed by atoms with Gasteiger partial charge in [-0.25, -0.2) is 4.98 Å². The van der Waals surface area contributed by atoms with Crippen molar-refractivity contribution < 1.29 is 0 Å². The molecule has 6 nitrogen and oxygen atoms in total. The van der Waals surface area contributed by atoms with E-state index in [0.29, 0.717) is 18.8 Å². The van der Waals surface area contributed by atoms with E-state index in [2.05, 4.69) is 19.9 Å². The van der Waals surface area contributed by atoms with Gasteiger partial charge in [-0.3, -0.25) is 19.7 Å². The Bertz CT molecular complexity index is 952. The Labute approximate surface area is 145 Å². The fraction of sp³-hybridized carbons (Fsp3) is 0.263. The van der Waals surface area contributed by atoms with Gasteiger partial charge < -0.3 is 4.98 Å². The predicted octanol–water partition coefficient (Wildman–Crippen LogP) is 2.09. The van der Waals surface area contributed by atoms with Gasteiger partial charge in [0.25, 0.3) is 5.56 Å². The second kappa shape index (κ2) is 6.57. The van der Waals surface area contributed by atoms with Gasteiger partial charge in [0.15, 0.2) is 0 Å². The van der Waals surface area contributed by atoms with E-state index in [0.717, 1.165) is 41.3 Å². The average molecular weight is 333 g/mol. The highest BCUT2D eigenvalue weighted by atomic mass is 16.1. The van der Waals surface area contributed by atoms with Crippen molar-refractivity contribution in [2.45, 2.75) is 26.4 Å². The number of pyridine rings is 2. The minimum absolute atomic E-state index is 0.0443. The molecule has 0 unspecified atom stereocenters. The van der Waals surface area contributed by atoms with E-state index in [1.54, 1.807) is 12.4 Å². The van der Waals surface area contributed by atoms with Crippen molar-refractivity contribution in [3.63, 3.8) is 0 Å². The van der Waals surface area contributed by atoms with Gasteiger partial charge in [0, 0.05) is 48.8 Å². The summed E-state index contributed by atoms with van der Waals surface area (Å²) in [5, 5.41) is 0. The maximum absolute atomic E-state index is 12.4. The topological polar surface area (TPSA) is 74.8 Å². The lowest BCUT2D eigenvalue weighted by atomic mass is 10.1. The van der Waals surface area contributed by atoms with Crippen LogP contribution in [-0.2, 0) is 19.5 Å². The Balaban J connectivity index is 1.61. The fourth-order valence-corrected chi connectivity index (χ4v) is 3.18. The summed E-state index contributed by atoms with van der Waals surface area (Å²) >= 11 is 0. The minimum Gasteiger partial charge on any atom is -0.306 e. The van der Waals surface area contributed by atoms with Gasteiger partial charge in [-0.05, 0) is 37.6 Å². The first-order valence-corrected chi connectivity index (χ1v) is 8.36. The Kier molecular flexibility index (Phi) is 4.11. The van der Waals surface area contributed by atoms with Crippen LogP contribution in [-0.4, -0.2) is 31.4 Å². The summed E-state index contributed by atoms with van der Waals surface area (Å²) in [5.41, 5.74) is 4.48. The van der Waals surface area contributed by atoms with E-state index in [1.165, 1.54) is 0 Å². The van der Waals surface area contributed by atoms with Crippen LogP contribution < -0.4 is 5.56 Å². The number of aromatic amines is 1. The molecule has 1 aliphatic heterocycles. The van der Waals surface area contributed by atoms with Crippen LogP contribution in [0.15, 0.2) is 47.5 Å². The van der Waals surface area contributed by atoms with Crippen LogP contribution in [0.2, 0.25) is 0 Å². The maximum Gasteiger partial charge on any atom is 0.254 e. The first-order valence-electron chi connectivity index (χ1n) is 8.36. The number of rotatable bonds is 3. The Hall–Kier alpha value is -2.86. The Morgan fingerprint density at radius 2 is 2.12 bits per heavy atom. The number of H-pyrrole nitrogens is 1. The zero-order valence-electron chi connectivity index (χ0n) is 14.1. The number of hydrogen-bond donors (Lipinski definition) is 1. The van der Waals surface area contributed by atoms with Crippen molar-refractivity contribution in [3.8, 4) is 11.4 Å². The molecule has 6 heteroatoms. The molecule has 3 aromatic rings. The van der Waals surface area contributed by atoms with Gasteiger partial charge in [0.05, 0.1) is 11.4 Å². The fourth-order valence-electron chi connectivity index (χ4n) is 3.18. The molecule has 0 spiro atoms. The first-order chi connectivity index (χ1) is 12.2. The summed E-state index contributed by atoms with van der Waals surface area (Å²) in [7, 11) is 0. The standard InChI is InChI=1S/C19H19N5O/c1-13-4-2-6-15(21-13)11-24-9-7-16-17(12-24)22-18(23-19(16)25)14-5-3-8-20-10-14/h2-6,8,10H,7,9,11-12H2,1H3,(H,22,23,25). The number of aromatic nitrogens is 4. The van der Waals surface area contributed by atoms with Crippen LogP contribution >= 0.6 is 0 Å². The molecule has 0 saturated heterocycles. The highest BCUT2D eigenvalue weighted by Gasteiger charge is 2.21. The third-order valence-electron chi connectivity index (χ3n) is 4.42. The molecule has 0 amide bonds. The third kappa shape index (κ3) is 3.34. The van der Waals surface area contributed by atoms with Crippen molar-refractivity contribution in [3.05, 3.63) is 75.7 Å². The van der Waals surface area contributed by atoms with Crippen molar-refractivity contribution in [1.29, 1.82) is 0 Å². The van der Waals surface area contributed by atoms with Crippen molar-refractivity contribution in [2.75, 3.05) is 6.54 Å². The first kappa shape index (κ1) is 15.7. The van der Waals surface area contributed by atoms with Crippen molar-refractivity contribution in [1.82, 2.24) is 24.8 Å².